The highest BCUT2D eigenvalue weighted by atomic mass is 15.1. The summed E-state index contributed by atoms with van der Waals surface area (Å²) in [6.07, 6.45) is 3.96. The van der Waals surface area contributed by atoms with Crippen molar-refractivity contribution in [2.45, 2.75) is 33.1 Å². The molecule has 0 atom stereocenters. The third kappa shape index (κ3) is 5.73. The van der Waals surface area contributed by atoms with Crippen LogP contribution >= 0.6 is 0 Å². The van der Waals surface area contributed by atoms with E-state index in [0.29, 0.717) is 0 Å². The van der Waals surface area contributed by atoms with Gasteiger partial charge in [-0.15, -0.1) is 0 Å². The van der Waals surface area contributed by atoms with E-state index in [2.05, 4.69) is 55.4 Å². The molecule has 0 saturated carbocycles. The van der Waals surface area contributed by atoms with Gasteiger partial charge in [0.05, 0.1) is 0 Å². The predicted octanol–water partition coefficient (Wildman–Crippen LogP) is 3.53. The number of benzene rings is 1. The van der Waals surface area contributed by atoms with Crippen LogP contribution in [0, 0.1) is 6.92 Å². The first kappa shape index (κ1) is 14.0. The van der Waals surface area contributed by atoms with Gasteiger partial charge in [0.1, 0.15) is 0 Å². The minimum atomic E-state index is 1.02. The molecule has 0 radical (unpaired) electrons. The van der Waals surface area contributed by atoms with Crippen molar-refractivity contribution in [2.75, 3.05) is 32.0 Å². The molecule has 0 unspecified atom stereocenters. The fourth-order valence-corrected chi connectivity index (χ4v) is 1.90. The zero-order valence-corrected chi connectivity index (χ0v) is 11.5. The number of unbranched alkanes of at least 4 members (excludes halogenated alkanes) is 2. The minimum absolute atomic E-state index is 1.02. The Bertz CT molecular complexity index is 310. The molecule has 0 spiro atoms. The maximum absolute atomic E-state index is 3.49. The number of aryl methyl sites for hydroxylation is 1. The maximum atomic E-state index is 3.49. The first-order valence-corrected chi connectivity index (χ1v) is 6.72. The van der Waals surface area contributed by atoms with Crippen LogP contribution in [0.2, 0.25) is 0 Å². The number of hydrogen-bond donors (Lipinski definition) is 1. The van der Waals surface area contributed by atoms with Gasteiger partial charge in [0.25, 0.3) is 0 Å². The lowest BCUT2D eigenvalue weighted by Crippen LogP contribution is -2.26. The maximum Gasteiger partial charge on any atom is 0.0370 e. The molecule has 0 fully saturated rings. The monoisotopic (exact) mass is 234 g/mol. The van der Waals surface area contributed by atoms with E-state index >= 15 is 0 Å². The van der Waals surface area contributed by atoms with Crippen LogP contribution in [0.3, 0.4) is 0 Å². The number of likely N-dealkylation sites (N-methyl/N-ethyl adjacent to an activating group) is 1. The highest BCUT2D eigenvalue weighted by Crippen LogP contribution is 2.12. The van der Waals surface area contributed by atoms with Crippen LogP contribution in [0.1, 0.15) is 31.7 Å². The summed E-state index contributed by atoms with van der Waals surface area (Å²) in [5, 5.41) is 3.49. The second-order valence-corrected chi connectivity index (χ2v) is 4.75. The number of hydrogen-bond acceptors (Lipinski definition) is 2. The smallest absolute Gasteiger partial charge is 0.0370 e. The van der Waals surface area contributed by atoms with Crippen LogP contribution in [0.5, 0.6) is 0 Å². The molecule has 0 heterocycles. The van der Waals surface area contributed by atoms with Gasteiger partial charge in [0, 0.05) is 18.8 Å². The summed E-state index contributed by atoms with van der Waals surface area (Å²) < 4.78 is 0. The van der Waals surface area contributed by atoms with Crippen molar-refractivity contribution in [3.8, 4) is 0 Å². The Hall–Kier alpha value is -1.02. The van der Waals surface area contributed by atoms with Gasteiger partial charge in [0.15, 0.2) is 0 Å². The molecule has 96 valence electrons. The zero-order chi connectivity index (χ0) is 12.5. The Labute approximate surface area is 106 Å². The molecule has 1 aromatic rings. The fraction of sp³-hybridized carbons (Fsp3) is 0.600. The van der Waals surface area contributed by atoms with E-state index in [-0.39, 0.29) is 0 Å². The minimum Gasteiger partial charge on any atom is -0.384 e. The van der Waals surface area contributed by atoms with Crippen molar-refractivity contribution in [2.24, 2.45) is 0 Å². The standard InChI is InChI=1S/C15H26N2/c1-4-5-8-12-17(3)13-11-16-15-10-7-6-9-14(15)2/h6-7,9-10,16H,4-5,8,11-13H2,1-3H3. The Kier molecular flexibility index (Phi) is 6.71. The molecule has 2 heteroatoms. The highest BCUT2D eigenvalue weighted by molar-refractivity contribution is 5.50. The summed E-state index contributed by atoms with van der Waals surface area (Å²) >= 11 is 0. The van der Waals surface area contributed by atoms with Gasteiger partial charge in [-0.1, -0.05) is 38.0 Å². The molecule has 0 aliphatic carbocycles. The van der Waals surface area contributed by atoms with Gasteiger partial charge in [-0.3, -0.25) is 0 Å². The predicted molar refractivity (Wildman–Crippen MR) is 76.7 cm³/mol. The Morgan fingerprint density at radius 2 is 1.88 bits per heavy atom. The first-order chi connectivity index (χ1) is 8.24. The normalized spacial score (nSPS) is 10.8. The van der Waals surface area contributed by atoms with Crippen LogP contribution in [-0.2, 0) is 0 Å². The van der Waals surface area contributed by atoms with E-state index in [0.717, 1.165) is 13.1 Å². The Morgan fingerprint density at radius 1 is 1.12 bits per heavy atom. The summed E-state index contributed by atoms with van der Waals surface area (Å²) in [6, 6.07) is 8.46. The molecule has 0 aromatic heterocycles. The fourth-order valence-electron chi connectivity index (χ4n) is 1.90. The van der Waals surface area contributed by atoms with E-state index in [4.69, 9.17) is 0 Å². The van der Waals surface area contributed by atoms with Crippen molar-refractivity contribution in [3.63, 3.8) is 0 Å². The molecule has 0 aliphatic heterocycles. The molecule has 0 amide bonds. The summed E-state index contributed by atoms with van der Waals surface area (Å²) in [5.41, 5.74) is 2.58. The number of para-hydroxylation sites is 1. The van der Waals surface area contributed by atoms with Crippen LogP contribution in [0.25, 0.3) is 0 Å². The van der Waals surface area contributed by atoms with Crippen molar-refractivity contribution >= 4 is 5.69 Å². The number of nitrogens with zero attached hydrogens (tertiary/aromatic N) is 1. The van der Waals surface area contributed by atoms with Gasteiger partial charge >= 0.3 is 0 Å². The van der Waals surface area contributed by atoms with Crippen LogP contribution in [0.15, 0.2) is 24.3 Å². The lowest BCUT2D eigenvalue weighted by molar-refractivity contribution is 0.337. The van der Waals surface area contributed by atoms with Crippen LogP contribution in [-0.4, -0.2) is 31.6 Å². The van der Waals surface area contributed by atoms with Crippen molar-refractivity contribution in [1.29, 1.82) is 0 Å². The summed E-state index contributed by atoms with van der Waals surface area (Å²) in [6.45, 7) is 7.74. The second kappa shape index (κ2) is 8.13. The van der Waals surface area contributed by atoms with Crippen LogP contribution in [0.4, 0.5) is 5.69 Å². The molecule has 1 rings (SSSR count). The summed E-state index contributed by atoms with van der Waals surface area (Å²) in [5.74, 6) is 0. The molecule has 0 aliphatic rings. The van der Waals surface area contributed by atoms with Crippen molar-refractivity contribution in [3.05, 3.63) is 29.8 Å². The molecule has 1 aromatic carbocycles. The third-order valence-corrected chi connectivity index (χ3v) is 3.10. The lowest BCUT2D eigenvalue weighted by Gasteiger charge is -2.17. The molecule has 0 bridgehead atoms. The molecular weight excluding hydrogens is 208 g/mol. The molecule has 1 N–H and O–H groups in total. The average molecular weight is 234 g/mol. The van der Waals surface area contributed by atoms with Gasteiger partial charge in [0.2, 0.25) is 0 Å². The van der Waals surface area contributed by atoms with Gasteiger partial charge in [-0.05, 0) is 38.6 Å². The van der Waals surface area contributed by atoms with E-state index < -0.39 is 0 Å². The topological polar surface area (TPSA) is 15.3 Å². The van der Waals surface area contributed by atoms with E-state index in [1.165, 1.54) is 37.1 Å². The molecule has 0 saturated heterocycles. The highest BCUT2D eigenvalue weighted by Gasteiger charge is 1.99. The van der Waals surface area contributed by atoms with E-state index in [9.17, 15) is 0 Å². The summed E-state index contributed by atoms with van der Waals surface area (Å²) in [4.78, 5) is 2.40. The molecular formula is C15H26N2. The van der Waals surface area contributed by atoms with Crippen molar-refractivity contribution < 1.29 is 0 Å². The zero-order valence-electron chi connectivity index (χ0n) is 11.5. The Morgan fingerprint density at radius 3 is 2.59 bits per heavy atom. The molecule has 2 nitrogen and oxygen atoms in total. The van der Waals surface area contributed by atoms with Crippen LogP contribution < -0.4 is 5.32 Å². The largest absolute Gasteiger partial charge is 0.384 e. The van der Waals surface area contributed by atoms with Gasteiger partial charge in [-0.25, -0.2) is 0 Å². The second-order valence-electron chi connectivity index (χ2n) is 4.75. The third-order valence-electron chi connectivity index (χ3n) is 3.10. The van der Waals surface area contributed by atoms with Crippen molar-refractivity contribution in [1.82, 2.24) is 4.90 Å². The number of anilines is 1. The van der Waals surface area contributed by atoms with Gasteiger partial charge in [-0.2, -0.15) is 0 Å². The average Bonchev–Trinajstić information content (AvgIpc) is 2.32. The summed E-state index contributed by atoms with van der Waals surface area (Å²) in [7, 11) is 2.20. The SMILES string of the molecule is CCCCCN(C)CCNc1ccccc1C. The lowest BCUT2D eigenvalue weighted by atomic mass is 10.2. The van der Waals surface area contributed by atoms with E-state index in [1.807, 2.05) is 0 Å². The first-order valence-electron chi connectivity index (χ1n) is 6.72. The quantitative estimate of drug-likeness (QED) is 0.692. The Balaban J connectivity index is 2.17. The molecule has 17 heavy (non-hydrogen) atoms. The number of nitrogens with one attached hydrogen (secondary N) is 1. The van der Waals surface area contributed by atoms with Gasteiger partial charge < -0.3 is 10.2 Å². The number of rotatable bonds is 8. The van der Waals surface area contributed by atoms with E-state index in [1.54, 1.807) is 0 Å².